The van der Waals surface area contributed by atoms with E-state index in [0.29, 0.717) is 18.2 Å². The molecule has 1 aliphatic carbocycles. The maximum atomic E-state index is 14.1. The molecule has 21 heavy (non-hydrogen) atoms. The second kappa shape index (κ2) is 6.22. The number of thiophene rings is 1. The second-order valence-electron chi connectivity index (χ2n) is 5.45. The zero-order valence-electron chi connectivity index (χ0n) is 11.6. The second-order valence-corrected chi connectivity index (χ2v) is 6.23. The number of nitrogens with zero attached hydrogens (tertiary/aromatic N) is 1. The van der Waals surface area contributed by atoms with Gasteiger partial charge in [0.1, 0.15) is 11.6 Å². The van der Waals surface area contributed by atoms with Gasteiger partial charge in [-0.3, -0.25) is 4.90 Å². The average molecular weight is 308 g/mol. The SMILES string of the molecule is NCC(c1ccc(F)cc1F)N(Cc1ccsc1)C1CC1. The minimum atomic E-state index is -0.553. The predicted octanol–water partition coefficient (Wildman–Crippen LogP) is 3.69. The van der Waals surface area contributed by atoms with Crippen LogP contribution in [0.1, 0.15) is 30.0 Å². The Morgan fingerprint density at radius 2 is 2.10 bits per heavy atom. The third kappa shape index (κ3) is 3.31. The van der Waals surface area contributed by atoms with Gasteiger partial charge >= 0.3 is 0 Å². The molecule has 2 nitrogen and oxygen atoms in total. The van der Waals surface area contributed by atoms with Crippen LogP contribution in [0.5, 0.6) is 0 Å². The van der Waals surface area contributed by atoms with E-state index in [1.807, 2.05) is 5.38 Å². The Morgan fingerprint density at radius 3 is 2.67 bits per heavy atom. The average Bonchev–Trinajstić information content (AvgIpc) is 3.18. The van der Waals surface area contributed by atoms with Crippen LogP contribution in [0.4, 0.5) is 8.78 Å². The Bertz CT molecular complexity index is 596. The molecule has 1 aromatic carbocycles. The van der Waals surface area contributed by atoms with Crippen molar-refractivity contribution in [2.75, 3.05) is 6.54 Å². The molecule has 3 rings (SSSR count). The third-order valence-electron chi connectivity index (χ3n) is 3.91. The standard InChI is InChI=1S/C16H18F2N2S/c17-12-1-4-14(15(18)7-12)16(8-19)20(13-2-3-13)9-11-5-6-21-10-11/h1,4-7,10,13,16H,2-3,8-9,19H2. The van der Waals surface area contributed by atoms with E-state index < -0.39 is 11.6 Å². The van der Waals surface area contributed by atoms with Gasteiger partial charge < -0.3 is 5.73 Å². The minimum Gasteiger partial charge on any atom is -0.329 e. The van der Waals surface area contributed by atoms with E-state index in [1.165, 1.54) is 17.7 Å². The number of halogens is 2. The van der Waals surface area contributed by atoms with Gasteiger partial charge in [-0.05, 0) is 41.3 Å². The number of hydrogen-bond donors (Lipinski definition) is 1. The Morgan fingerprint density at radius 1 is 1.29 bits per heavy atom. The van der Waals surface area contributed by atoms with Gasteiger partial charge in [0.2, 0.25) is 0 Å². The molecule has 1 unspecified atom stereocenters. The van der Waals surface area contributed by atoms with Crippen molar-refractivity contribution < 1.29 is 8.78 Å². The highest BCUT2D eigenvalue weighted by molar-refractivity contribution is 7.07. The maximum Gasteiger partial charge on any atom is 0.130 e. The summed E-state index contributed by atoms with van der Waals surface area (Å²) in [6, 6.07) is 6.07. The summed E-state index contributed by atoms with van der Waals surface area (Å²) in [5, 5.41) is 4.14. The van der Waals surface area contributed by atoms with Gasteiger partial charge in [0.25, 0.3) is 0 Å². The molecule has 112 valence electrons. The number of nitrogens with two attached hydrogens (primary N) is 1. The molecular weight excluding hydrogens is 290 g/mol. The van der Waals surface area contributed by atoms with Crippen LogP contribution in [0, 0.1) is 11.6 Å². The van der Waals surface area contributed by atoms with Gasteiger partial charge in [-0.2, -0.15) is 11.3 Å². The normalized spacial score (nSPS) is 16.4. The molecule has 0 radical (unpaired) electrons. The van der Waals surface area contributed by atoms with Crippen molar-refractivity contribution in [1.29, 1.82) is 0 Å². The van der Waals surface area contributed by atoms with Gasteiger partial charge in [-0.25, -0.2) is 8.78 Å². The van der Waals surface area contributed by atoms with Crippen LogP contribution >= 0.6 is 11.3 Å². The quantitative estimate of drug-likeness (QED) is 0.882. The van der Waals surface area contributed by atoms with Crippen molar-refractivity contribution in [2.45, 2.75) is 31.5 Å². The highest BCUT2D eigenvalue weighted by Crippen LogP contribution is 2.36. The maximum absolute atomic E-state index is 14.1. The van der Waals surface area contributed by atoms with E-state index in [4.69, 9.17) is 5.73 Å². The highest BCUT2D eigenvalue weighted by Gasteiger charge is 2.35. The van der Waals surface area contributed by atoms with Crippen molar-refractivity contribution in [3.63, 3.8) is 0 Å². The highest BCUT2D eigenvalue weighted by atomic mass is 32.1. The first kappa shape index (κ1) is 14.6. The lowest BCUT2D eigenvalue weighted by Crippen LogP contribution is -2.35. The molecule has 1 atom stereocenters. The summed E-state index contributed by atoms with van der Waals surface area (Å²) >= 11 is 1.65. The van der Waals surface area contributed by atoms with Crippen molar-refractivity contribution in [1.82, 2.24) is 4.90 Å². The van der Waals surface area contributed by atoms with Crippen LogP contribution in [0.2, 0.25) is 0 Å². The van der Waals surface area contributed by atoms with E-state index in [1.54, 1.807) is 11.3 Å². The van der Waals surface area contributed by atoms with Crippen molar-refractivity contribution >= 4 is 11.3 Å². The van der Waals surface area contributed by atoms with Gasteiger partial charge in [-0.1, -0.05) is 6.07 Å². The summed E-state index contributed by atoms with van der Waals surface area (Å²) in [6.07, 6.45) is 2.23. The fourth-order valence-corrected chi connectivity index (χ4v) is 3.37. The van der Waals surface area contributed by atoms with Crippen molar-refractivity contribution in [2.24, 2.45) is 5.73 Å². The Kier molecular flexibility index (Phi) is 4.33. The lowest BCUT2D eigenvalue weighted by atomic mass is 10.0. The monoisotopic (exact) mass is 308 g/mol. The van der Waals surface area contributed by atoms with Crippen LogP contribution < -0.4 is 5.73 Å². The zero-order chi connectivity index (χ0) is 14.8. The third-order valence-corrected chi connectivity index (χ3v) is 4.64. The molecule has 5 heteroatoms. The first-order valence-electron chi connectivity index (χ1n) is 7.11. The van der Waals surface area contributed by atoms with Crippen molar-refractivity contribution in [3.05, 3.63) is 57.8 Å². The zero-order valence-corrected chi connectivity index (χ0v) is 12.5. The number of rotatable bonds is 6. The Hall–Kier alpha value is -1.30. The van der Waals surface area contributed by atoms with Crippen LogP contribution in [0.3, 0.4) is 0 Å². The lowest BCUT2D eigenvalue weighted by molar-refractivity contribution is 0.178. The summed E-state index contributed by atoms with van der Waals surface area (Å²) in [4.78, 5) is 2.25. The molecule has 1 heterocycles. The summed E-state index contributed by atoms with van der Waals surface area (Å²) in [6.45, 7) is 1.08. The lowest BCUT2D eigenvalue weighted by Gasteiger charge is -2.31. The predicted molar refractivity (Wildman–Crippen MR) is 81.0 cm³/mol. The first-order chi connectivity index (χ1) is 10.2. The Labute approximate surface area is 127 Å². The fourth-order valence-electron chi connectivity index (χ4n) is 2.71. The first-order valence-corrected chi connectivity index (χ1v) is 8.05. The summed E-state index contributed by atoms with van der Waals surface area (Å²) in [7, 11) is 0. The summed E-state index contributed by atoms with van der Waals surface area (Å²) in [5.74, 6) is -1.07. The largest absolute Gasteiger partial charge is 0.329 e. The van der Waals surface area contributed by atoms with Gasteiger partial charge in [0.05, 0.1) is 6.04 Å². The number of hydrogen-bond acceptors (Lipinski definition) is 3. The Balaban J connectivity index is 1.88. The molecule has 0 aliphatic heterocycles. The van der Waals surface area contributed by atoms with Crippen LogP contribution in [-0.4, -0.2) is 17.5 Å². The minimum absolute atomic E-state index is 0.210. The molecule has 0 amide bonds. The molecule has 1 aromatic heterocycles. The molecule has 1 saturated carbocycles. The molecule has 2 aromatic rings. The van der Waals surface area contributed by atoms with Crippen LogP contribution in [0.15, 0.2) is 35.0 Å². The van der Waals surface area contributed by atoms with Gasteiger partial charge in [0, 0.05) is 30.8 Å². The molecule has 0 bridgehead atoms. The topological polar surface area (TPSA) is 29.3 Å². The van der Waals surface area contributed by atoms with Gasteiger partial charge in [-0.15, -0.1) is 0 Å². The molecule has 2 N–H and O–H groups in total. The molecule has 0 saturated heterocycles. The molecular formula is C16H18F2N2S. The van der Waals surface area contributed by atoms with E-state index in [2.05, 4.69) is 16.3 Å². The molecule has 1 aliphatic rings. The van der Waals surface area contributed by atoms with E-state index in [9.17, 15) is 8.78 Å². The number of benzene rings is 1. The van der Waals surface area contributed by atoms with Crippen LogP contribution in [0.25, 0.3) is 0 Å². The summed E-state index contributed by atoms with van der Waals surface area (Å²) in [5.41, 5.74) is 7.61. The van der Waals surface area contributed by atoms with Gasteiger partial charge in [0.15, 0.2) is 0 Å². The van der Waals surface area contributed by atoms with Crippen LogP contribution in [-0.2, 0) is 6.54 Å². The van der Waals surface area contributed by atoms with E-state index >= 15 is 0 Å². The smallest absolute Gasteiger partial charge is 0.130 e. The molecule has 1 fully saturated rings. The molecule has 0 spiro atoms. The fraction of sp³-hybridized carbons (Fsp3) is 0.375. The van der Waals surface area contributed by atoms with Crippen molar-refractivity contribution in [3.8, 4) is 0 Å². The summed E-state index contributed by atoms with van der Waals surface area (Å²) < 4.78 is 27.2. The van der Waals surface area contributed by atoms with E-state index in [0.717, 1.165) is 25.5 Å². The van der Waals surface area contributed by atoms with E-state index in [-0.39, 0.29) is 6.04 Å².